The highest BCUT2D eigenvalue weighted by Gasteiger charge is 2.34. The third-order valence-corrected chi connectivity index (χ3v) is 4.28. The SMILES string of the molecule is CNc1cc(C(=O)NC2CCN(C3CC3)C2)c(Cl)cn1. The van der Waals surface area contributed by atoms with Crippen LogP contribution in [0.1, 0.15) is 29.6 Å². The Hall–Kier alpha value is -1.33. The number of aromatic nitrogens is 1. The second-order valence-electron chi connectivity index (χ2n) is 5.48. The van der Waals surface area contributed by atoms with Crippen molar-refractivity contribution in [2.45, 2.75) is 31.3 Å². The van der Waals surface area contributed by atoms with Crippen LogP contribution in [0.15, 0.2) is 12.3 Å². The van der Waals surface area contributed by atoms with Crippen molar-refractivity contribution in [1.29, 1.82) is 0 Å². The molecule has 6 heteroatoms. The fourth-order valence-corrected chi connectivity index (χ4v) is 2.88. The van der Waals surface area contributed by atoms with Crippen molar-refractivity contribution in [3.8, 4) is 0 Å². The van der Waals surface area contributed by atoms with Gasteiger partial charge in [-0.25, -0.2) is 4.98 Å². The number of hydrogen-bond donors (Lipinski definition) is 2. The molecule has 1 unspecified atom stereocenters. The van der Waals surface area contributed by atoms with Crippen molar-refractivity contribution in [3.05, 3.63) is 22.8 Å². The van der Waals surface area contributed by atoms with E-state index in [9.17, 15) is 4.79 Å². The van der Waals surface area contributed by atoms with Gasteiger partial charge in [0.25, 0.3) is 5.91 Å². The Morgan fingerprint density at radius 1 is 1.45 bits per heavy atom. The molecule has 1 saturated carbocycles. The van der Waals surface area contributed by atoms with E-state index < -0.39 is 0 Å². The standard InChI is InChI=1S/C14H19ClN4O/c1-16-13-6-11(12(15)7-17-13)14(20)18-9-4-5-19(8-9)10-2-3-10/h6-7,9-10H,2-5,8H2,1H3,(H,16,17)(H,18,20). The Balaban J connectivity index is 1.64. The highest BCUT2D eigenvalue weighted by molar-refractivity contribution is 6.33. The molecule has 108 valence electrons. The number of likely N-dealkylation sites (tertiary alicyclic amines) is 1. The van der Waals surface area contributed by atoms with Gasteiger partial charge in [0.15, 0.2) is 0 Å². The molecule has 1 atom stereocenters. The highest BCUT2D eigenvalue weighted by Crippen LogP contribution is 2.30. The first-order valence-corrected chi connectivity index (χ1v) is 7.43. The number of halogens is 1. The summed E-state index contributed by atoms with van der Waals surface area (Å²) in [7, 11) is 1.77. The van der Waals surface area contributed by atoms with Crippen molar-refractivity contribution >= 4 is 23.3 Å². The molecular formula is C14H19ClN4O. The predicted molar refractivity (Wildman–Crippen MR) is 79.3 cm³/mol. The van der Waals surface area contributed by atoms with Gasteiger partial charge in [-0.05, 0) is 25.3 Å². The number of hydrogen-bond acceptors (Lipinski definition) is 4. The summed E-state index contributed by atoms with van der Waals surface area (Å²) in [5, 5.41) is 6.38. The number of carbonyl (C=O) groups is 1. The lowest BCUT2D eigenvalue weighted by Crippen LogP contribution is -2.37. The van der Waals surface area contributed by atoms with Crippen molar-refractivity contribution in [3.63, 3.8) is 0 Å². The summed E-state index contributed by atoms with van der Waals surface area (Å²) in [5.41, 5.74) is 0.482. The van der Waals surface area contributed by atoms with Gasteiger partial charge >= 0.3 is 0 Å². The van der Waals surface area contributed by atoms with E-state index in [1.165, 1.54) is 19.0 Å². The smallest absolute Gasteiger partial charge is 0.253 e. The molecule has 1 aliphatic heterocycles. The zero-order valence-electron chi connectivity index (χ0n) is 11.5. The van der Waals surface area contributed by atoms with E-state index in [0.29, 0.717) is 16.4 Å². The predicted octanol–water partition coefficient (Wildman–Crippen LogP) is 1.74. The molecule has 2 heterocycles. The summed E-state index contributed by atoms with van der Waals surface area (Å²) in [6.07, 6.45) is 5.14. The molecular weight excluding hydrogens is 276 g/mol. The van der Waals surface area contributed by atoms with Gasteiger partial charge < -0.3 is 10.6 Å². The average Bonchev–Trinajstić information content (AvgIpc) is 3.20. The molecule has 0 radical (unpaired) electrons. The molecule has 3 rings (SSSR count). The second kappa shape index (κ2) is 5.58. The van der Waals surface area contributed by atoms with E-state index in [2.05, 4.69) is 20.5 Å². The number of rotatable bonds is 4. The van der Waals surface area contributed by atoms with Crippen LogP contribution in [0.2, 0.25) is 5.02 Å². The van der Waals surface area contributed by atoms with E-state index in [4.69, 9.17) is 11.6 Å². The van der Waals surface area contributed by atoms with Crippen molar-refractivity contribution in [1.82, 2.24) is 15.2 Å². The number of pyridine rings is 1. The van der Waals surface area contributed by atoms with Gasteiger partial charge in [0.05, 0.1) is 10.6 Å². The highest BCUT2D eigenvalue weighted by atomic mass is 35.5. The lowest BCUT2D eigenvalue weighted by atomic mass is 10.2. The van der Waals surface area contributed by atoms with Crippen LogP contribution in [-0.2, 0) is 0 Å². The van der Waals surface area contributed by atoms with Crippen LogP contribution in [0.5, 0.6) is 0 Å². The maximum atomic E-state index is 12.3. The monoisotopic (exact) mass is 294 g/mol. The third kappa shape index (κ3) is 2.88. The van der Waals surface area contributed by atoms with Crippen molar-refractivity contribution in [2.24, 2.45) is 0 Å². The van der Waals surface area contributed by atoms with E-state index in [1.54, 1.807) is 13.1 Å². The Bertz CT molecular complexity index is 518. The number of carbonyl (C=O) groups excluding carboxylic acids is 1. The van der Waals surface area contributed by atoms with Gasteiger partial charge in [0.2, 0.25) is 0 Å². The summed E-state index contributed by atoms with van der Waals surface area (Å²) in [6.45, 7) is 2.04. The fraction of sp³-hybridized carbons (Fsp3) is 0.571. The van der Waals surface area contributed by atoms with E-state index in [0.717, 1.165) is 25.6 Å². The minimum Gasteiger partial charge on any atom is -0.373 e. The third-order valence-electron chi connectivity index (χ3n) is 3.97. The molecule has 0 spiro atoms. The summed E-state index contributed by atoms with van der Waals surface area (Å²) >= 11 is 6.06. The minimum atomic E-state index is -0.114. The summed E-state index contributed by atoms with van der Waals surface area (Å²) < 4.78 is 0. The van der Waals surface area contributed by atoms with Crippen LogP contribution in [0.25, 0.3) is 0 Å². The lowest BCUT2D eigenvalue weighted by molar-refractivity contribution is 0.0937. The first kappa shape index (κ1) is 13.6. The fourth-order valence-electron chi connectivity index (χ4n) is 2.69. The zero-order valence-corrected chi connectivity index (χ0v) is 12.3. The van der Waals surface area contributed by atoms with Crippen LogP contribution in [0.3, 0.4) is 0 Å². The van der Waals surface area contributed by atoms with Crippen LogP contribution < -0.4 is 10.6 Å². The minimum absolute atomic E-state index is 0.114. The van der Waals surface area contributed by atoms with Gasteiger partial charge in [-0.3, -0.25) is 9.69 Å². The topological polar surface area (TPSA) is 57.3 Å². The lowest BCUT2D eigenvalue weighted by Gasteiger charge is -2.16. The van der Waals surface area contributed by atoms with Crippen LogP contribution in [0, 0.1) is 0 Å². The molecule has 1 aliphatic carbocycles. The molecule has 0 aromatic carbocycles. The molecule has 1 saturated heterocycles. The Morgan fingerprint density at radius 3 is 2.95 bits per heavy atom. The summed E-state index contributed by atoms with van der Waals surface area (Å²) in [5.74, 6) is 0.530. The van der Waals surface area contributed by atoms with Crippen molar-refractivity contribution < 1.29 is 4.79 Å². The van der Waals surface area contributed by atoms with E-state index in [-0.39, 0.29) is 11.9 Å². The second-order valence-corrected chi connectivity index (χ2v) is 5.89. The first-order chi connectivity index (χ1) is 9.67. The molecule has 2 fully saturated rings. The van der Waals surface area contributed by atoms with Gasteiger partial charge in [0, 0.05) is 38.4 Å². The van der Waals surface area contributed by atoms with Crippen molar-refractivity contribution in [2.75, 3.05) is 25.5 Å². The largest absolute Gasteiger partial charge is 0.373 e. The normalized spacial score (nSPS) is 22.8. The Kier molecular flexibility index (Phi) is 3.81. The molecule has 2 N–H and O–H groups in total. The zero-order chi connectivity index (χ0) is 14.1. The van der Waals surface area contributed by atoms with Gasteiger partial charge in [0.1, 0.15) is 5.82 Å². The van der Waals surface area contributed by atoms with Gasteiger partial charge in [-0.2, -0.15) is 0 Å². The first-order valence-electron chi connectivity index (χ1n) is 7.05. The quantitative estimate of drug-likeness (QED) is 0.888. The molecule has 1 aromatic heterocycles. The Morgan fingerprint density at radius 2 is 2.25 bits per heavy atom. The maximum absolute atomic E-state index is 12.3. The molecule has 1 aromatic rings. The molecule has 5 nitrogen and oxygen atoms in total. The molecule has 1 amide bonds. The van der Waals surface area contributed by atoms with Crippen LogP contribution in [0.4, 0.5) is 5.82 Å². The molecule has 2 aliphatic rings. The Labute approximate surface area is 123 Å². The van der Waals surface area contributed by atoms with Gasteiger partial charge in [-0.1, -0.05) is 11.6 Å². The number of nitrogens with zero attached hydrogens (tertiary/aromatic N) is 2. The summed E-state index contributed by atoms with van der Waals surface area (Å²) in [6, 6.07) is 2.67. The average molecular weight is 295 g/mol. The van der Waals surface area contributed by atoms with Gasteiger partial charge in [-0.15, -0.1) is 0 Å². The maximum Gasteiger partial charge on any atom is 0.253 e. The molecule has 0 bridgehead atoms. The van der Waals surface area contributed by atoms with Crippen LogP contribution in [-0.4, -0.2) is 48.0 Å². The van der Waals surface area contributed by atoms with Crippen LogP contribution >= 0.6 is 11.6 Å². The molecule has 20 heavy (non-hydrogen) atoms. The number of amides is 1. The summed E-state index contributed by atoms with van der Waals surface area (Å²) in [4.78, 5) is 18.9. The number of nitrogens with one attached hydrogen (secondary N) is 2. The van der Waals surface area contributed by atoms with E-state index in [1.807, 2.05) is 0 Å². The number of anilines is 1. The van der Waals surface area contributed by atoms with E-state index >= 15 is 0 Å².